The van der Waals surface area contributed by atoms with Gasteiger partial charge in [0.2, 0.25) is 0 Å². The number of halogens is 1. The number of amides is 1. The summed E-state index contributed by atoms with van der Waals surface area (Å²) in [5.41, 5.74) is 4.15. The van der Waals surface area contributed by atoms with E-state index in [0.29, 0.717) is 16.7 Å². The van der Waals surface area contributed by atoms with Crippen LogP contribution in [0, 0.1) is 0 Å². The first kappa shape index (κ1) is 19.9. The second-order valence-corrected chi connectivity index (χ2v) is 7.11. The predicted octanol–water partition coefficient (Wildman–Crippen LogP) is 3.57. The Bertz CT molecular complexity index is 971. The summed E-state index contributed by atoms with van der Waals surface area (Å²) in [4.78, 5) is 12.0. The Labute approximate surface area is 171 Å². The van der Waals surface area contributed by atoms with Gasteiger partial charge in [0.15, 0.2) is 11.0 Å². The van der Waals surface area contributed by atoms with Gasteiger partial charge in [0, 0.05) is 17.1 Å². The van der Waals surface area contributed by atoms with Crippen LogP contribution in [-0.4, -0.2) is 37.7 Å². The van der Waals surface area contributed by atoms with Crippen LogP contribution in [0.15, 0.2) is 58.8 Å². The van der Waals surface area contributed by atoms with Crippen molar-refractivity contribution in [1.82, 2.24) is 20.2 Å². The molecule has 2 aromatic carbocycles. The number of hydrogen-bond donors (Lipinski definition) is 2. The lowest BCUT2D eigenvalue weighted by Crippen LogP contribution is -2.20. The first-order chi connectivity index (χ1) is 13.6. The number of hydrogen-bond acceptors (Lipinski definition) is 6. The largest absolute Gasteiger partial charge is 0.508 e. The molecule has 0 aliphatic carbocycles. The maximum absolute atomic E-state index is 12.0. The molecule has 0 atom stereocenters. The predicted molar refractivity (Wildman–Crippen MR) is 111 cm³/mol. The molecule has 0 saturated heterocycles. The Hall–Kier alpha value is -2.84. The number of phenolic OH excluding ortho intramolecular Hbond substituents is 1. The fourth-order valence-electron chi connectivity index (χ4n) is 2.39. The third-order valence-electron chi connectivity index (χ3n) is 3.76. The molecule has 0 radical (unpaired) electrons. The van der Waals surface area contributed by atoms with Gasteiger partial charge in [-0.2, -0.15) is 5.10 Å². The molecule has 3 rings (SSSR count). The zero-order chi connectivity index (χ0) is 19.9. The molecule has 0 fully saturated rings. The zero-order valence-corrected chi connectivity index (χ0v) is 16.6. The van der Waals surface area contributed by atoms with Gasteiger partial charge in [-0.1, -0.05) is 23.4 Å². The highest BCUT2D eigenvalue weighted by molar-refractivity contribution is 7.99. The number of phenols is 1. The summed E-state index contributed by atoms with van der Waals surface area (Å²) in [5.74, 6) is 0.813. The van der Waals surface area contributed by atoms with E-state index in [-0.39, 0.29) is 17.4 Å². The highest BCUT2D eigenvalue weighted by Crippen LogP contribution is 2.25. The SMILES string of the molecule is CCn1c(SCC(=O)NN=Cc2ccc(O)cc2)nnc1-c1ccc(Cl)cc1. The lowest BCUT2D eigenvalue weighted by molar-refractivity contribution is -0.118. The molecule has 7 nitrogen and oxygen atoms in total. The van der Waals surface area contributed by atoms with Gasteiger partial charge in [-0.25, -0.2) is 5.43 Å². The van der Waals surface area contributed by atoms with E-state index in [9.17, 15) is 9.90 Å². The maximum atomic E-state index is 12.0. The second-order valence-electron chi connectivity index (χ2n) is 5.73. The summed E-state index contributed by atoms with van der Waals surface area (Å²) in [7, 11) is 0. The topological polar surface area (TPSA) is 92.4 Å². The quantitative estimate of drug-likeness (QED) is 0.349. The monoisotopic (exact) mass is 415 g/mol. The molecule has 0 bridgehead atoms. The maximum Gasteiger partial charge on any atom is 0.250 e. The summed E-state index contributed by atoms with van der Waals surface area (Å²) in [6.07, 6.45) is 1.51. The molecule has 0 unspecified atom stereocenters. The molecular formula is C19H18ClN5O2S. The number of benzene rings is 2. The Morgan fingerprint density at radius 3 is 2.61 bits per heavy atom. The van der Waals surface area contributed by atoms with E-state index in [1.165, 1.54) is 18.0 Å². The number of aromatic nitrogens is 3. The van der Waals surface area contributed by atoms with Crippen molar-refractivity contribution in [3.8, 4) is 17.1 Å². The molecule has 1 amide bonds. The van der Waals surface area contributed by atoms with E-state index in [1.54, 1.807) is 36.4 Å². The van der Waals surface area contributed by atoms with Crippen LogP contribution >= 0.6 is 23.4 Å². The highest BCUT2D eigenvalue weighted by atomic mass is 35.5. The minimum atomic E-state index is -0.251. The number of carbonyl (C=O) groups is 1. The fraction of sp³-hybridized carbons (Fsp3) is 0.158. The van der Waals surface area contributed by atoms with Crippen LogP contribution in [0.4, 0.5) is 0 Å². The number of rotatable bonds is 7. The number of thioether (sulfide) groups is 1. The number of carbonyl (C=O) groups excluding carboxylic acids is 1. The van der Waals surface area contributed by atoms with Gasteiger partial charge in [-0.3, -0.25) is 4.79 Å². The second kappa shape index (κ2) is 9.38. The summed E-state index contributed by atoms with van der Waals surface area (Å²) in [5, 5.41) is 22.9. The summed E-state index contributed by atoms with van der Waals surface area (Å²) >= 11 is 7.23. The van der Waals surface area contributed by atoms with Crippen molar-refractivity contribution in [1.29, 1.82) is 0 Å². The average molecular weight is 416 g/mol. The third-order valence-corrected chi connectivity index (χ3v) is 4.98. The van der Waals surface area contributed by atoms with Gasteiger partial charge in [-0.15, -0.1) is 10.2 Å². The van der Waals surface area contributed by atoms with Gasteiger partial charge in [0.1, 0.15) is 5.75 Å². The Balaban J connectivity index is 1.58. The third kappa shape index (κ3) is 5.11. The highest BCUT2D eigenvalue weighted by Gasteiger charge is 2.14. The van der Waals surface area contributed by atoms with E-state index in [1.807, 2.05) is 23.6 Å². The van der Waals surface area contributed by atoms with Gasteiger partial charge in [0.25, 0.3) is 5.91 Å². The van der Waals surface area contributed by atoms with Crippen molar-refractivity contribution in [2.24, 2.45) is 5.10 Å². The van der Waals surface area contributed by atoms with Crippen LogP contribution < -0.4 is 5.43 Å². The van der Waals surface area contributed by atoms with Crippen LogP contribution in [-0.2, 0) is 11.3 Å². The summed E-state index contributed by atoms with van der Waals surface area (Å²) < 4.78 is 1.95. The number of aromatic hydroxyl groups is 1. The number of hydrazone groups is 1. The standard InChI is InChI=1S/C19H18ClN5O2S/c1-2-25-18(14-5-7-15(20)8-6-14)23-24-19(25)28-12-17(27)22-21-11-13-3-9-16(26)10-4-13/h3-11,26H,2,12H2,1H3,(H,22,27). The van der Waals surface area contributed by atoms with Crippen molar-refractivity contribution in [3.05, 3.63) is 59.1 Å². The molecule has 0 aliphatic rings. The smallest absolute Gasteiger partial charge is 0.250 e. The van der Waals surface area contributed by atoms with Gasteiger partial charge >= 0.3 is 0 Å². The Kier molecular flexibility index (Phi) is 6.67. The summed E-state index contributed by atoms with van der Waals surface area (Å²) in [6.45, 7) is 2.67. The molecule has 9 heteroatoms. The first-order valence-corrected chi connectivity index (χ1v) is 9.86. The van der Waals surface area contributed by atoms with Crippen molar-refractivity contribution < 1.29 is 9.90 Å². The van der Waals surface area contributed by atoms with Crippen molar-refractivity contribution in [3.63, 3.8) is 0 Å². The van der Waals surface area contributed by atoms with E-state index in [0.717, 1.165) is 17.0 Å². The van der Waals surface area contributed by atoms with Gasteiger partial charge in [-0.05, 0) is 61.0 Å². The fourth-order valence-corrected chi connectivity index (χ4v) is 3.32. The first-order valence-electron chi connectivity index (χ1n) is 8.49. The van der Waals surface area contributed by atoms with Crippen molar-refractivity contribution in [2.75, 3.05) is 5.75 Å². The Morgan fingerprint density at radius 1 is 1.21 bits per heavy atom. The lowest BCUT2D eigenvalue weighted by atomic mass is 10.2. The van der Waals surface area contributed by atoms with E-state index in [2.05, 4.69) is 20.7 Å². The van der Waals surface area contributed by atoms with Crippen molar-refractivity contribution >= 4 is 35.5 Å². The van der Waals surface area contributed by atoms with Crippen molar-refractivity contribution in [2.45, 2.75) is 18.6 Å². The molecular weight excluding hydrogens is 398 g/mol. The van der Waals surface area contributed by atoms with Gasteiger partial charge in [0.05, 0.1) is 12.0 Å². The zero-order valence-electron chi connectivity index (χ0n) is 15.0. The van der Waals surface area contributed by atoms with Crippen LogP contribution in [0.2, 0.25) is 5.02 Å². The molecule has 0 aliphatic heterocycles. The van der Waals surface area contributed by atoms with E-state index < -0.39 is 0 Å². The molecule has 2 N–H and O–H groups in total. The average Bonchev–Trinajstić information content (AvgIpc) is 3.11. The minimum Gasteiger partial charge on any atom is -0.508 e. The van der Waals surface area contributed by atoms with Crippen LogP contribution in [0.5, 0.6) is 5.75 Å². The molecule has 0 spiro atoms. The molecule has 1 heterocycles. The van der Waals surface area contributed by atoms with Crippen LogP contribution in [0.3, 0.4) is 0 Å². The van der Waals surface area contributed by atoms with Crippen LogP contribution in [0.1, 0.15) is 12.5 Å². The van der Waals surface area contributed by atoms with E-state index >= 15 is 0 Å². The lowest BCUT2D eigenvalue weighted by Gasteiger charge is -2.07. The minimum absolute atomic E-state index is 0.158. The molecule has 3 aromatic rings. The Morgan fingerprint density at radius 2 is 1.93 bits per heavy atom. The molecule has 1 aromatic heterocycles. The molecule has 0 saturated carbocycles. The normalized spacial score (nSPS) is 11.1. The molecule has 144 valence electrons. The van der Waals surface area contributed by atoms with Crippen LogP contribution in [0.25, 0.3) is 11.4 Å². The summed E-state index contributed by atoms with van der Waals surface area (Å²) in [6, 6.07) is 13.9. The number of nitrogens with one attached hydrogen (secondary N) is 1. The molecule has 28 heavy (non-hydrogen) atoms. The van der Waals surface area contributed by atoms with E-state index in [4.69, 9.17) is 11.6 Å². The van der Waals surface area contributed by atoms with Gasteiger partial charge < -0.3 is 9.67 Å². The number of nitrogens with zero attached hydrogens (tertiary/aromatic N) is 4.